The fourth-order valence-corrected chi connectivity index (χ4v) is 1.63. The van der Waals surface area contributed by atoms with Crippen LogP contribution in [0.15, 0.2) is 24.3 Å². The van der Waals surface area contributed by atoms with Crippen LogP contribution in [0.1, 0.15) is 26.3 Å². The predicted octanol–water partition coefficient (Wildman–Crippen LogP) is 2.34. The van der Waals surface area contributed by atoms with Crippen LogP contribution < -0.4 is 10.6 Å². The van der Waals surface area contributed by atoms with E-state index < -0.39 is 0 Å². The molecule has 0 heterocycles. The first-order valence-electron chi connectivity index (χ1n) is 5.77. The average molecular weight is 255 g/mol. The quantitative estimate of drug-likeness (QED) is 0.847. The smallest absolute Gasteiger partial charge is 0.237 e. The predicted molar refractivity (Wildman–Crippen MR) is 71.0 cm³/mol. The first kappa shape index (κ1) is 14.0. The fourth-order valence-electron chi connectivity index (χ4n) is 1.42. The van der Waals surface area contributed by atoms with Gasteiger partial charge in [0, 0.05) is 17.6 Å². The maximum Gasteiger partial charge on any atom is 0.237 e. The molecule has 1 aromatic carbocycles. The maximum absolute atomic E-state index is 11.6. The van der Waals surface area contributed by atoms with Crippen LogP contribution in [0.25, 0.3) is 0 Å². The lowest BCUT2D eigenvalue weighted by Gasteiger charge is -2.16. The first-order valence-corrected chi connectivity index (χ1v) is 6.15. The van der Waals surface area contributed by atoms with E-state index in [2.05, 4.69) is 10.6 Å². The van der Waals surface area contributed by atoms with Crippen molar-refractivity contribution >= 4 is 17.5 Å². The van der Waals surface area contributed by atoms with E-state index in [9.17, 15) is 4.79 Å². The van der Waals surface area contributed by atoms with Gasteiger partial charge in [-0.25, -0.2) is 0 Å². The van der Waals surface area contributed by atoms with Gasteiger partial charge in [0.25, 0.3) is 0 Å². The third-order valence-electron chi connectivity index (χ3n) is 2.33. The molecule has 0 saturated heterocycles. The van der Waals surface area contributed by atoms with Crippen LogP contribution in [-0.4, -0.2) is 18.0 Å². The van der Waals surface area contributed by atoms with Crippen molar-refractivity contribution in [3.05, 3.63) is 34.9 Å². The lowest BCUT2D eigenvalue weighted by molar-refractivity contribution is -0.123. The second-order valence-corrected chi connectivity index (χ2v) is 4.83. The van der Waals surface area contributed by atoms with E-state index in [1.165, 1.54) is 0 Å². The van der Waals surface area contributed by atoms with Gasteiger partial charge in [-0.2, -0.15) is 0 Å². The summed E-state index contributed by atoms with van der Waals surface area (Å²) >= 11 is 5.88. The molecule has 4 heteroatoms. The Morgan fingerprint density at radius 2 is 2.06 bits per heavy atom. The number of halogens is 1. The molecule has 0 aliphatic heterocycles. The van der Waals surface area contributed by atoms with Gasteiger partial charge >= 0.3 is 0 Å². The molecule has 0 saturated carbocycles. The summed E-state index contributed by atoms with van der Waals surface area (Å²) < 4.78 is 0. The van der Waals surface area contributed by atoms with E-state index in [0.29, 0.717) is 11.6 Å². The van der Waals surface area contributed by atoms with Crippen LogP contribution in [0.2, 0.25) is 5.02 Å². The monoisotopic (exact) mass is 254 g/mol. The van der Waals surface area contributed by atoms with Gasteiger partial charge in [-0.1, -0.05) is 23.7 Å². The Morgan fingerprint density at radius 3 is 2.65 bits per heavy atom. The molecule has 0 bridgehead atoms. The molecule has 0 aromatic heterocycles. The molecular weight excluding hydrogens is 236 g/mol. The van der Waals surface area contributed by atoms with E-state index in [1.54, 1.807) is 0 Å². The third kappa shape index (κ3) is 5.20. The highest BCUT2D eigenvalue weighted by atomic mass is 35.5. The van der Waals surface area contributed by atoms with Crippen molar-refractivity contribution in [1.29, 1.82) is 0 Å². The van der Waals surface area contributed by atoms with Gasteiger partial charge in [0.2, 0.25) is 5.91 Å². The number of nitrogens with one attached hydrogen (secondary N) is 2. The van der Waals surface area contributed by atoms with Crippen molar-refractivity contribution in [1.82, 2.24) is 10.6 Å². The zero-order valence-corrected chi connectivity index (χ0v) is 11.2. The van der Waals surface area contributed by atoms with Crippen molar-refractivity contribution in [2.75, 3.05) is 0 Å². The molecular formula is C13H19ClN2O. The molecule has 17 heavy (non-hydrogen) atoms. The number of hydrogen-bond donors (Lipinski definition) is 2. The Kier molecular flexibility index (Phi) is 5.45. The van der Waals surface area contributed by atoms with Gasteiger partial charge in [-0.15, -0.1) is 0 Å². The van der Waals surface area contributed by atoms with Gasteiger partial charge in [-0.3, -0.25) is 4.79 Å². The minimum atomic E-state index is -0.212. The second kappa shape index (κ2) is 6.62. The van der Waals surface area contributed by atoms with Crippen molar-refractivity contribution in [3.63, 3.8) is 0 Å². The van der Waals surface area contributed by atoms with Gasteiger partial charge in [0.1, 0.15) is 0 Å². The SMILES string of the molecule is CC(C)NC(=O)C(C)NCc1cccc(Cl)c1. The highest BCUT2D eigenvalue weighted by Crippen LogP contribution is 2.10. The molecule has 94 valence electrons. The van der Waals surface area contributed by atoms with Crippen LogP contribution in [0, 0.1) is 0 Å². The van der Waals surface area contributed by atoms with Crippen molar-refractivity contribution in [2.45, 2.75) is 39.4 Å². The molecule has 1 unspecified atom stereocenters. The first-order chi connectivity index (χ1) is 7.99. The molecule has 0 aliphatic carbocycles. The van der Waals surface area contributed by atoms with Crippen LogP contribution in [-0.2, 0) is 11.3 Å². The molecule has 1 aromatic rings. The minimum absolute atomic E-state index is 0.0158. The largest absolute Gasteiger partial charge is 0.353 e. The summed E-state index contributed by atoms with van der Waals surface area (Å²) in [5, 5.41) is 6.73. The molecule has 0 radical (unpaired) electrons. The van der Waals surface area contributed by atoms with E-state index in [-0.39, 0.29) is 18.0 Å². The Balaban J connectivity index is 2.42. The molecule has 3 nitrogen and oxygen atoms in total. The lowest BCUT2D eigenvalue weighted by atomic mass is 10.2. The van der Waals surface area contributed by atoms with Crippen LogP contribution in [0.3, 0.4) is 0 Å². The van der Waals surface area contributed by atoms with Crippen LogP contribution in [0.4, 0.5) is 0 Å². The minimum Gasteiger partial charge on any atom is -0.353 e. The zero-order chi connectivity index (χ0) is 12.8. The summed E-state index contributed by atoms with van der Waals surface area (Å²) in [5.41, 5.74) is 1.07. The molecule has 1 amide bonds. The summed E-state index contributed by atoms with van der Waals surface area (Å²) in [6.07, 6.45) is 0. The molecule has 0 spiro atoms. The number of carbonyl (C=O) groups is 1. The maximum atomic E-state index is 11.6. The number of hydrogen-bond acceptors (Lipinski definition) is 2. The number of carbonyl (C=O) groups excluding carboxylic acids is 1. The third-order valence-corrected chi connectivity index (χ3v) is 2.56. The van der Waals surface area contributed by atoms with Gasteiger partial charge < -0.3 is 10.6 Å². The normalized spacial score (nSPS) is 12.5. The van der Waals surface area contributed by atoms with E-state index in [4.69, 9.17) is 11.6 Å². The number of rotatable bonds is 5. The van der Waals surface area contributed by atoms with Gasteiger partial charge in [-0.05, 0) is 38.5 Å². The topological polar surface area (TPSA) is 41.1 Å². The van der Waals surface area contributed by atoms with Gasteiger partial charge in [0.15, 0.2) is 0 Å². The summed E-state index contributed by atoms with van der Waals surface area (Å²) in [6.45, 7) is 6.37. The summed E-state index contributed by atoms with van der Waals surface area (Å²) in [4.78, 5) is 11.6. The van der Waals surface area contributed by atoms with Crippen molar-refractivity contribution < 1.29 is 4.79 Å². The lowest BCUT2D eigenvalue weighted by Crippen LogP contribution is -2.44. The number of benzene rings is 1. The highest BCUT2D eigenvalue weighted by molar-refractivity contribution is 6.30. The van der Waals surface area contributed by atoms with Crippen LogP contribution in [0.5, 0.6) is 0 Å². The molecule has 0 fully saturated rings. The van der Waals surface area contributed by atoms with Crippen molar-refractivity contribution in [3.8, 4) is 0 Å². The zero-order valence-electron chi connectivity index (χ0n) is 10.5. The van der Waals surface area contributed by atoms with Crippen molar-refractivity contribution in [2.24, 2.45) is 0 Å². The Morgan fingerprint density at radius 1 is 1.35 bits per heavy atom. The van der Waals surface area contributed by atoms with E-state index >= 15 is 0 Å². The highest BCUT2D eigenvalue weighted by Gasteiger charge is 2.12. The second-order valence-electron chi connectivity index (χ2n) is 4.40. The molecule has 1 atom stereocenters. The Bertz CT molecular complexity index is 379. The summed E-state index contributed by atoms with van der Waals surface area (Å²) in [7, 11) is 0. The standard InChI is InChI=1S/C13H19ClN2O/c1-9(2)16-13(17)10(3)15-8-11-5-4-6-12(14)7-11/h4-7,9-10,15H,8H2,1-3H3,(H,16,17). The Labute approximate surface area is 108 Å². The number of amides is 1. The fraction of sp³-hybridized carbons (Fsp3) is 0.462. The van der Waals surface area contributed by atoms with E-state index in [0.717, 1.165) is 5.56 Å². The summed E-state index contributed by atoms with van der Waals surface area (Å²) in [5.74, 6) is 0.0158. The molecule has 0 aliphatic rings. The molecule has 1 rings (SSSR count). The summed E-state index contributed by atoms with van der Waals surface area (Å²) in [6, 6.07) is 7.56. The molecule has 2 N–H and O–H groups in total. The Hall–Kier alpha value is -1.06. The average Bonchev–Trinajstić information content (AvgIpc) is 2.25. The van der Waals surface area contributed by atoms with E-state index in [1.807, 2.05) is 45.0 Å². The van der Waals surface area contributed by atoms with Gasteiger partial charge in [0.05, 0.1) is 6.04 Å². The van der Waals surface area contributed by atoms with Crippen LogP contribution >= 0.6 is 11.6 Å².